The zero-order chi connectivity index (χ0) is 13.5. The Bertz CT molecular complexity index is 423. The Morgan fingerprint density at radius 3 is 2.79 bits per heavy atom. The van der Waals surface area contributed by atoms with Gasteiger partial charge in [0.15, 0.2) is 0 Å². The number of rotatable bonds is 6. The second-order valence-corrected chi connectivity index (χ2v) is 5.25. The molecule has 0 radical (unpaired) electrons. The number of piperidine rings is 1. The zero-order valence-corrected chi connectivity index (χ0v) is 11.8. The molecule has 1 saturated heterocycles. The van der Waals surface area contributed by atoms with Gasteiger partial charge in [0.25, 0.3) is 5.56 Å². The Labute approximate surface area is 115 Å². The monoisotopic (exact) mass is 263 g/mol. The molecule has 4 heteroatoms. The first-order valence-electron chi connectivity index (χ1n) is 7.41. The third-order valence-electron chi connectivity index (χ3n) is 3.86. The first-order valence-corrected chi connectivity index (χ1v) is 7.41. The summed E-state index contributed by atoms with van der Waals surface area (Å²) < 4.78 is 1.81. The molecule has 106 valence electrons. The van der Waals surface area contributed by atoms with Crippen molar-refractivity contribution in [1.82, 2.24) is 14.8 Å². The molecular formula is C15H25N3O. The maximum atomic E-state index is 11.7. The van der Waals surface area contributed by atoms with Gasteiger partial charge >= 0.3 is 0 Å². The van der Waals surface area contributed by atoms with Gasteiger partial charge in [-0.2, -0.15) is 0 Å². The maximum Gasteiger partial charge on any atom is 0.250 e. The molecule has 1 N–H and O–H groups in total. The summed E-state index contributed by atoms with van der Waals surface area (Å²) in [7, 11) is 0. The molecule has 0 atom stereocenters. The van der Waals surface area contributed by atoms with Gasteiger partial charge in [0, 0.05) is 31.4 Å². The molecule has 0 bridgehead atoms. The molecule has 0 amide bonds. The molecule has 0 saturated carbocycles. The van der Waals surface area contributed by atoms with Crippen LogP contribution in [0.1, 0.15) is 26.2 Å². The van der Waals surface area contributed by atoms with Crippen LogP contribution in [0, 0.1) is 0 Å². The topological polar surface area (TPSA) is 37.3 Å². The van der Waals surface area contributed by atoms with Gasteiger partial charge in [-0.15, -0.1) is 0 Å². The fourth-order valence-electron chi connectivity index (χ4n) is 2.82. The van der Waals surface area contributed by atoms with Gasteiger partial charge < -0.3 is 9.88 Å². The SMILES string of the molecule is CCCN(CCn1ccccc1=O)C1CCNCC1. The first kappa shape index (κ1) is 14.3. The van der Waals surface area contributed by atoms with E-state index >= 15 is 0 Å². The third-order valence-corrected chi connectivity index (χ3v) is 3.86. The minimum absolute atomic E-state index is 0.101. The zero-order valence-electron chi connectivity index (χ0n) is 11.8. The molecule has 1 aliphatic heterocycles. The quantitative estimate of drug-likeness (QED) is 0.841. The molecule has 0 spiro atoms. The predicted molar refractivity (Wildman–Crippen MR) is 78.5 cm³/mol. The maximum absolute atomic E-state index is 11.7. The van der Waals surface area contributed by atoms with Gasteiger partial charge in [-0.1, -0.05) is 13.0 Å². The summed E-state index contributed by atoms with van der Waals surface area (Å²) in [5.41, 5.74) is 0.101. The molecule has 19 heavy (non-hydrogen) atoms. The van der Waals surface area contributed by atoms with E-state index in [9.17, 15) is 4.79 Å². The summed E-state index contributed by atoms with van der Waals surface area (Å²) in [5, 5.41) is 3.41. The van der Waals surface area contributed by atoms with Gasteiger partial charge in [-0.3, -0.25) is 9.69 Å². The van der Waals surface area contributed by atoms with E-state index in [4.69, 9.17) is 0 Å². The second-order valence-electron chi connectivity index (χ2n) is 5.25. The van der Waals surface area contributed by atoms with E-state index in [0.29, 0.717) is 6.04 Å². The summed E-state index contributed by atoms with van der Waals surface area (Å²) in [6, 6.07) is 6.04. The van der Waals surface area contributed by atoms with Gasteiger partial charge in [-0.25, -0.2) is 0 Å². The van der Waals surface area contributed by atoms with E-state index in [1.165, 1.54) is 19.3 Å². The lowest BCUT2D eigenvalue weighted by Crippen LogP contribution is -2.45. The number of pyridine rings is 1. The molecule has 1 fully saturated rings. The Balaban J connectivity index is 1.93. The van der Waals surface area contributed by atoms with Crippen molar-refractivity contribution in [3.63, 3.8) is 0 Å². The second kappa shape index (κ2) is 7.46. The van der Waals surface area contributed by atoms with Crippen molar-refractivity contribution in [3.05, 3.63) is 34.7 Å². The van der Waals surface area contributed by atoms with E-state index in [0.717, 1.165) is 32.7 Å². The third kappa shape index (κ3) is 4.18. The molecule has 1 aliphatic rings. The molecule has 1 aromatic rings. The Kier molecular flexibility index (Phi) is 5.61. The fourth-order valence-corrected chi connectivity index (χ4v) is 2.82. The van der Waals surface area contributed by atoms with Crippen LogP contribution >= 0.6 is 0 Å². The van der Waals surface area contributed by atoms with Crippen LogP contribution in [0.25, 0.3) is 0 Å². The highest BCUT2D eigenvalue weighted by Gasteiger charge is 2.19. The molecule has 1 aromatic heterocycles. The predicted octanol–water partition coefficient (Wildman–Crippen LogP) is 1.31. The van der Waals surface area contributed by atoms with Crippen molar-refractivity contribution in [2.75, 3.05) is 26.2 Å². The summed E-state index contributed by atoms with van der Waals surface area (Å²) >= 11 is 0. The van der Waals surface area contributed by atoms with Crippen molar-refractivity contribution >= 4 is 0 Å². The van der Waals surface area contributed by atoms with Crippen LogP contribution in [0.3, 0.4) is 0 Å². The highest BCUT2D eigenvalue weighted by Crippen LogP contribution is 2.12. The van der Waals surface area contributed by atoms with Crippen LogP contribution in [0.15, 0.2) is 29.2 Å². The highest BCUT2D eigenvalue weighted by molar-refractivity contribution is 4.93. The average molecular weight is 263 g/mol. The van der Waals surface area contributed by atoms with Gasteiger partial charge in [0.1, 0.15) is 0 Å². The fraction of sp³-hybridized carbons (Fsp3) is 0.667. The summed E-state index contributed by atoms with van der Waals surface area (Å²) in [6.07, 6.45) is 5.51. The van der Waals surface area contributed by atoms with Crippen LogP contribution < -0.4 is 10.9 Å². The van der Waals surface area contributed by atoms with Crippen molar-refractivity contribution < 1.29 is 0 Å². The lowest BCUT2D eigenvalue weighted by molar-refractivity contribution is 0.156. The molecule has 2 heterocycles. The van der Waals surface area contributed by atoms with E-state index in [2.05, 4.69) is 17.1 Å². The minimum Gasteiger partial charge on any atom is -0.317 e. The number of nitrogens with one attached hydrogen (secondary N) is 1. The number of nitrogens with zero attached hydrogens (tertiary/aromatic N) is 2. The Hall–Kier alpha value is -1.13. The van der Waals surface area contributed by atoms with Crippen LogP contribution in [0.5, 0.6) is 0 Å². The normalized spacial score (nSPS) is 16.9. The van der Waals surface area contributed by atoms with Crippen molar-refractivity contribution in [2.24, 2.45) is 0 Å². The van der Waals surface area contributed by atoms with Gasteiger partial charge in [0.2, 0.25) is 0 Å². The van der Waals surface area contributed by atoms with Crippen molar-refractivity contribution in [3.8, 4) is 0 Å². The van der Waals surface area contributed by atoms with Crippen LogP contribution in [0.4, 0.5) is 0 Å². The first-order chi connectivity index (χ1) is 9.31. The standard InChI is InChI=1S/C15H25N3O/c1-2-10-17(14-6-8-16-9-7-14)12-13-18-11-4-3-5-15(18)19/h3-5,11,14,16H,2,6-10,12-13H2,1H3. The number of aromatic nitrogens is 1. The van der Waals surface area contributed by atoms with E-state index in [-0.39, 0.29) is 5.56 Å². The largest absolute Gasteiger partial charge is 0.317 e. The lowest BCUT2D eigenvalue weighted by Gasteiger charge is -2.34. The molecule has 2 rings (SSSR count). The van der Waals surface area contributed by atoms with Crippen molar-refractivity contribution in [2.45, 2.75) is 38.8 Å². The number of hydrogen-bond acceptors (Lipinski definition) is 3. The molecular weight excluding hydrogens is 238 g/mol. The van der Waals surface area contributed by atoms with Crippen LogP contribution in [-0.2, 0) is 6.54 Å². The average Bonchev–Trinajstić information content (AvgIpc) is 2.46. The van der Waals surface area contributed by atoms with Crippen molar-refractivity contribution in [1.29, 1.82) is 0 Å². The number of hydrogen-bond donors (Lipinski definition) is 1. The van der Waals surface area contributed by atoms with Crippen LogP contribution in [-0.4, -0.2) is 41.7 Å². The lowest BCUT2D eigenvalue weighted by atomic mass is 10.0. The minimum atomic E-state index is 0.101. The smallest absolute Gasteiger partial charge is 0.250 e. The Morgan fingerprint density at radius 2 is 2.11 bits per heavy atom. The highest BCUT2D eigenvalue weighted by atomic mass is 16.1. The molecule has 0 aliphatic carbocycles. The van der Waals surface area contributed by atoms with Gasteiger partial charge in [-0.05, 0) is 45.0 Å². The van der Waals surface area contributed by atoms with Gasteiger partial charge in [0.05, 0.1) is 0 Å². The summed E-state index contributed by atoms with van der Waals surface area (Å²) in [6.45, 7) is 7.37. The van der Waals surface area contributed by atoms with E-state index in [1.807, 2.05) is 16.8 Å². The summed E-state index contributed by atoms with van der Waals surface area (Å²) in [5.74, 6) is 0. The Morgan fingerprint density at radius 1 is 1.32 bits per heavy atom. The molecule has 4 nitrogen and oxygen atoms in total. The van der Waals surface area contributed by atoms with Crippen LogP contribution in [0.2, 0.25) is 0 Å². The molecule has 0 aromatic carbocycles. The van der Waals surface area contributed by atoms with E-state index in [1.54, 1.807) is 12.1 Å². The summed E-state index contributed by atoms with van der Waals surface area (Å²) in [4.78, 5) is 14.3. The molecule has 0 unspecified atom stereocenters. The van der Waals surface area contributed by atoms with E-state index < -0.39 is 0 Å².